The molecule has 19 heavy (non-hydrogen) atoms. The molecule has 2 aromatic rings. The summed E-state index contributed by atoms with van der Waals surface area (Å²) < 4.78 is 27.8. The molecule has 0 saturated carbocycles. The summed E-state index contributed by atoms with van der Waals surface area (Å²) in [5.41, 5.74) is 6.72. The van der Waals surface area contributed by atoms with Crippen LogP contribution in [0.25, 0.3) is 0 Å². The molecule has 0 fully saturated rings. The molecule has 0 aliphatic heterocycles. The van der Waals surface area contributed by atoms with E-state index in [1.807, 2.05) is 17.8 Å². The second-order valence-electron chi connectivity index (χ2n) is 4.71. The lowest BCUT2D eigenvalue weighted by Gasteiger charge is -2.11. The van der Waals surface area contributed by atoms with Gasteiger partial charge in [-0.1, -0.05) is 6.07 Å². The second kappa shape index (κ2) is 5.93. The van der Waals surface area contributed by atoms with Crippen LogP contribution in [0.5, 0.6) is 0 Å². The number of halogens is 2. The number of benzene rings is 1. The Labute approximate surface area is 111 Å². The van der Waals surface area contributed by atoms with Gasteiger partial charge in [0.15, 0.2) is 11.6 Å². The highest BCUT2D eigenvalue weighted by molar-refractivity contribution is 5.18. The number of nitrogens with two attached hydrogens (primary N) is 1. The molecule has 1 aromatic heterocycles. The first-order valence-corrected chi connectivity index (χ1v) is 6.22. The molecule has 3 nitrogen and oxygen atoms in total. The fourth-order valence-corrected chi connectivity index (χ4v) is 2.02. The van der Waals surface area contributed by atoms with Gasteiger partial charge < -0.3 is 10.3 Å². The van der Waals surface area contributed by atoms with Gasteiger partial charge in [0.25, 0.3) is 0 Å². The predicted molar refractivity (Wildman–Crippen MR) is 69.6 cm³/mol. The number of hydrogen-bond acceptors (Lipinski definition) is 2. The number of rotatable bonds is 5. The zero-order valence-corrected chi connectivity index (χ0v) is 10.8. The summed E-state index contributed by atoms with van der Waals surface area (Å²) in [5, 5.41) is 0. The molecule has 0 bridgehead atoms. The van der Waals surface area contributed by atoms with Gasteiger partial charge in [-0.05, 0) is 30.5 Å². The van der Waals surface area contributed by atoms with Crippen molar-refractivity contribution in [3.63, 3.8) is 0 Å². The third kappa shape index (κ3) is 3.61. The molecule has 0 aliphatic rings. The summed E-state index contributed by atoms with van der Waals surface area (Å²) in [6, 6.07) is 3.81. The van der Waals surface area contributed by atoms with E-state index in [2.05, 4.69) is 4.98 Å². The Morgan fingerprint density at radius 2 is 2.11 bits per heavy atom. The Kier molecular flexibility index (Phi) is 4.27. The Balaban J connectivity index is 1.88. The van der Waals surface area contributed by atoms with Crippen LogP contribution in [0.15, 0.2) is 30.6 Å². The minimum absolute atomic E-state index is 0.0958. The molecule has 0 saturated heterocycles. The molecule has 2 N–H and O–H groups in total. The molecule has 0 radical (unpaired) electrons. The normalized spacial score (nSPS) is 12.6. The van der Waals surface area contributed by atoms with E-state index in [0.29, 0.717) is 12.0 Å². The average Bonchev–Trinajstić information content (AvgIpc) is 2.77. The quantitative estimate of drug-likeness (QED) is 0.900. The van der Waals surface area contributed by atoms with Gasteiger partial charge in [-0.25, -0.2) is 13.8 Å². The molecule has 1 aromatic carbocycles. The molecule has 1 unspecified atom stereocenters. The molecule has 0 amide bonds. The third-order valence-corrected chi connectivity index (χ3v) is 3.14. The summed E-state index contributed by atoms with van der Waals surface area (Å²) in [7, 11) is 1.93. The second-order valence-corrected chi connectivity index (χ2v) is 4.71. The molecular formula is C14H17F2N3. The predicted octanol–water partition coefficient (Wildman–Crippen LogP) is 2.20. The van der Waals surface area contributed by atoms with E-state index < -0.39 is 11.6 Å². The van der Waals surface area contributed by atoms with Crippen molar-refractivity contribution in [2.24, 2.45) is 12.8 Å². The molecule has 1 atom stereocenters. The van der Waals surface area contributed by atoms with Gasteiger partial charge in [0.1, 0.15) is 5.82 Å². The molecule has 5 heteroatoms. The van der Waals surface area contributed by atoms with Gasteiger partial charge >= 0.3 is 0 Å². The number of imidazole rings is 1. The lowest BCUT2D eigenvalue weighted by Crippen LogP contribution is -2.24. The lowest BCUT2D eigenvalue weighted by molar-refractivity contribution is 0.505. The van der Waals surface area contributed by atoms with E-state index >= 15 is 0 Å². The Hall–Kier alpha value is -1.75. The molecule has 0 spiro atoms. The topological polar surface area (TPSA) is 43.8 Å². The first-order chi connectivity index (χ1) is 9.06. The van der Waals surface area contributed by atoms with Gasteiger partial charge in [0, 0.05) is 31.9 Å². The van der Waals surface area contributed by atoms with Gasteiger partial charge in [-0.2, -0.15) is 0 Å². The highest BCUT2D eigenvalue weighted by Crippen LogP contribution is 2.12. The molecular weight excluding hydrogens is 248 g/mol. The Morgan fingerprint density at radius 3 is 2.74 bits per heavy atom. The SMILES string of the molecule is Cn1ccnc1CCC(N)Cc1ccc(F)c(F)c1. The number of aromatic nitrogens is 2. The number of nitrogens with zero attached hydrogens (tertiary/aromatic N) is 2. The van der Waals surface area contributed by atoms with E-state index in [-0.39, 0.29) is 6.04 Å². The first-order valence-electron chi connectivity index (χ1n) is 6.22. The van der Waals surface area contributed by atoms with Crippen molar-refractivity contribution >= 4 is 0 Å². The number of hydrogen-bond donors (Lipinski definition) is 1. The fraction of sp³-hybridized carbons (Fsp3) is 0.357. The minimum atomic E-state index is -0.828. The zero-order chi connectivity index (χ0) is 13.8. The maximum Gasteiger partial charge on any atom is 0.159 e. The van der Waals surface area contributed by atoms with Crippen LogP contribution in [0.3, 0.4) is 0 Å². The van der Waals surface area contributed by atoms with E-state index in [1.165, 1.54) is 6.07 Å². The number of aryl methyl sites for hydroxylation is 2. The van der Waals surface area contributed by atoms with Crippen LogP contribution >= 0.6 is 0 Å². The highest BCUT2D eigenvalue weighted by atomic mass is 19.2. The standard InChI is InChI=1S/C14H17F2N3/c1-19-7-6-18-14(19)5-3-11(17)8-10-2-4-12(15)13(16)9-10/h2,4,6-7,9,11H,3,5,8,17H2,1H3. The van der Waals surface area contributed by atoms with E-state index in [9.17, 15) is 8.78 Å². The van der Waals surface area contributed by atoms with Gasteiger partial charge in [0.05, 0.1) is 0 Å². The molecule has 0 aliphatic carbocycles. The summed E-state index contributed by atoms with van der Waals surface area (Å²) in [6.45, 7) is 0. The fourth-order valence-electron chi connectivity index (χ4n) is 2.02. The smallest absolute Gasteiger partial charge is 0.159 e. The zero-order valence-electron chi connectivity index (χ0n) is 10.8. The summed E-state index contributed by atoms with van der Waals surface area (Å²) in [6.07, 6.45) is 5.69. The lowest BCUT2D eigenvalue weighted by atomic mass is 10.0. The van der Waals surface area contributed by atoms with Crippen LogP contribution in [0, 0.1) is 11.6 Å². The van der Waals surface area contributed by atoms with Gasteiger partial charge in [-0.15, -0.1) is 0 Å². The molecule has 1 heterocycles. The van der Waals surface area contributed by atoms with Crippen LogP contribution in [0.2, 0.25) is 0 Å². The van der Waals surface area contributed by atoms with Crippen LogP contribution < -0.4 is 5.73 Å². The Bertz CT molecular complexity index is 551. The van der Waals surface area contributed by atoms with Crippen molar-refractivity contribution in [3.05, 3.63) is 53.6 Å². The van der Waals surface area contributed by atoms with Crippen molar-refractivity contribution < 1.29 is 8.78 Å². The van der Waals surface area contributed by atoms with Crippen molar-refractivity contribution in [2.45, 2.75) is 25.3 Å². The van der Waals surface area contributed by atoms with Crippen molar-refractivity contribution in [3.8, 4) is 0 Å². The summed E-state index contributed by atoms with van der Waals surface area (Å²) in [5.74, 6) is -0.681. The maximum atomic E-state index is 13.1. The summed E-state index contributed by atoms with van der Waals surface area (Å²) in [4.78, 5) is 4.22. The van der Waals surface area contributed by atoms with Crippen LogP contribution in [-0.2, 0) is 19.9 Å². The van der Waals surface area contributed by atoms with E-state index in [0.717, 1.165) is 24.7 Å². The third-order valence-electron chi connectivity index (χ3n) is 3.14. The van der Waals surface area contributed by atoms with Crippen molar-refractivity contribution in [1.82, 2.24) is 9.55 Å². The van der Waals surface area contributed by atoms with Gasteiger partial charge in [0.2, 0.25) is 0 Å². The highest BCUT2D eigenvalue weighted by Gasteiger charge is 2.09. The monoisotopic (exact) mass is 265 g/mol. The first kappa shape index (κ1) is 13.7. The Morgan fingerprint density at radius 1 is 1.32 bits per heavy atom. The molecule has 2 rings (SSSR count). The average molecular weight is 265 g/mol. The van der Waals surface area contributed by atoms with Gasteiger partial charge in [-0.3, -0.25) is 0 Å². The summed E-state index contributed by atoms with van der Waals surface area (Å²) >= 11 is 0. The van der Waals surface area contributed by atoms with Crippen LogP contribution in [0.1, 0.15) is 17.8 Å². The maximum absolute atomic E-state index is 13.1. The molecule has 102 valence electrons. The van der Waals surface area contributed by atoms with Crippen LogP contribution in [-0.4, -0.2) is 15.6 Å². The van der Waals surface area contributed by atoms with Crippen LogP contribution in [0.4, 0.5) is 8.78 Å². The van der Waals surface area contributed by atoms with E-state index in [4.69, 9.17) is 5.73 Å². The van der Waals surface area contributed by atoms with E-state index in [1.54, 1.807) is 12.3 Å². The minimum Gasteiger partial charge on any atom is -0.338 e. The van der Waals surface area contributed by atoms with Crippen molar-refractivity contribution in [2.75, 3.05) is 0 Å². The largest absolute Gasteiger partial charge is 0.338 e. The van der Waals surface area contributed by atoms with Crippen molar-refractivity contribution in [1.29, 1.82) is 0 Å².